The molecule has 1 aromatic heterocycles. The first-order chi connectivity index (χ1) is 16.7. The molecule has 11 heteroatoms. The van der Waals surface area contributed by atoms with Crippen LogP contribution in [0.15, 0.2) is 48.7 Å². The number of carbonyl (C=O) groups is 1. The first-order valence-electron chi connectivity index (χ1n) is 11.0. The fourth-order valence-electron chi connectivity index (χ4n) is 4.61. The molecule has 0 aliphatic carbocycles. The number of amides is 1. The van der Waals surface area contributed by atoms with Crippen molar-refractivity contribution in [3.63, 3.8) is 0 Å². The number of hydrogen-bond acceptors (Lipinski definition) is 4. The number of nitrogens with zero attached hydrogens (tertiary/aromatic N) is 3. The Kier molecular flexibility index (Phi) is 6.29. The molecule has 0 saturated carbocycles. The predicted molar refractivity (Wildman–Crippen MR) is 120 cm³/mol. The summed E-state index contributed by atoms with van der Waals surface area (Å²) >= 11 is 5.91. The molecule has 2 aromatic carbocycles. The van der Waals surface area contributed by atoms with Gasteiger partial charge in [-0.3, -0.25) is 14.8 Å². The van der Waals surface area contributed by atoms with Crippen LogP contribution in [-0.4, -0.2) is 64.7 Å². The van der Waals surface area contributed by atoms with Crippen LogP contribution in [0.1, 0.15) is 27.7 Å². The summed E-state index contributed by atoms with van der Waals surface area (Å²) in [4.78, 5) is 17.1. The third kappa shape index (κ3) is 4.78. The van der Waals surface area contributed by atoms with E-state index in [4.69, 9.17) is 16.3 Å². The summed E-state index contributed by atoms with van der Waals surface area (Å²) in [5.74, 6) is -0.737. The van der Waals surface area contributed by atoms with Gasteiger partial charge in [0.25, 0.3) is 5.91 Å². The molecule has 0 spiro atoms. The van der Waals surface area contributed by atoms with Gasteiger partial charge in [-0.05, 0) is 35.4 Å². The maximum absolute atomic E-state index is 13.5. The Morgan fingerprint density at radius 1 is 1.14 bits per heavy atom. The molecule has 2 fully saturated rings. The van der Waals surface area contributed by atoms with Gasteiger partial charge in [-0.25, -0.2) is 4.39 Å². The number of ether oxygens (including phenoxy) is 1. The van der Waals surface area contributed by atoms with E-state index < -0.39 is 17.7 Å². The van der Waals surface area contributed by atoms with E-state index in [9.17, 15) is 22.4 Å². The number of H-pyrrole nitrogens is 1. The Labute approximate surface area is 203 Å². The van der Waals surface area contributed by atoms with E-state index in [1.54, 1.807) is 29.2 Å². The molecular formula is C24H21ClF4N4O2. The summed E-state index contributed by atoms with van der Waals surface area (Å²) in [5, 5.41) is 5.56. The van der Waals surface area contributed by atoms with Crippen molar-refractivity contribution in [3.8, 4) is 11.1 Å². The van der Waals surface area contributed by atoms with Crippen molar-refractivity contribution in [2.45, 2.75) is 18.3 Å². The SMILES string of the molecule is O=C(c1cccc(-c2cn[nH]c2C(F)(F)F)c1)N1CCN2C[C@@H](c3ccc(F)c(Cl)c3)OC[C@@H]2C1. The number of aromatic amines is 1. The molecule has 3 heterocycles. The maximum atomic E-state index is 13.5. The minimum Gasteiger partial charge on any atom is -0.370 e. The van der Waals surface area contributed by atoms with Gasteiger partial charge in [0.05, 0.1) is 30.0 Å². The minimum atomic E-state index is -4.58. The van der Waals surface area contributed by atoms with Crippen molar-refractivity contribution in [3.05, 3.63) is 76.3 Å². The average molecular weight is 509 g/mol. The summed E-state index contributed by atoms with van der Waals surface area (Å²) in [7, 11) is 0. The molecule has 2 aliphatic heterocycles. The number of morpholine rings is 1. The summed E-state index contributed by atoms with van der Waals surface area (Å²) in [6.07, 6.45) is -3.73. The number of aromatic nitrogens is 2. The standard InChI is InChI=1S/C24H21ClF4N4O2/c25-19-9-15(4-5-20(19)26)21-12-32-6-7-33(11-17(32)13-35-21)23(34)16-3-1-2-14(8-16)18-10-30-31-22(18)24(27,28)29/h1-5,8-10,17,21H,6-7,11-13H2,(H,30,31)/t17-,21-/m0/s1. The van der Waals surface area contributed by atoms with Gasteiger partial charge >= 0.3 is 6.18 Å². The lowest BCUT2D eigenvalue weighted by atomic mass is 10.0. The molecule has 5 rings (SSSR count). The summed E-state index contributed by atoms with van der Waals surface area (Å²) < 4.78 is 59.3. The van der Waals surface area contributed by atoms with Crippen molar-refractivity contribution in [1.29, 1.82) is 0 Å². The van der Waals surface area contributed by atoms with E-state index in [2.05, 4.69) is 10.00 Å². The van der Waals surface area contributed by atoms with Crippen molar-refractivity contribution < 1.29 is 27.1 Å². The number of carbonyl (C=O) groups excluding carboxylic acids is 1. The van der Waals surface area contributed by atoms with Crippen LogP contribution in [0.2, 0.25) is 5.02 Å². The Morgan fingerprint density at radius 2 is 1.97 bits per heavy atom. The van der Waals surface area contributed by atoms with Gasteiger partial charge in [-0.2, -0.15) is 18.3 Å². The van der Waals surface area contributed by atoms with Gasteiger partial charge in [-0.1, -0.05) is 29.8 Å². The van der Waals surface area contributed by atoms with Gasteiger partial charge < -0.3 is 9.64 Å². The lowest BCUT2D eigenvalue weighted by Crippen LogP contribution is -2.59. The predicted octanol–water partition coefficient (Wildman–Crippen LogP) is 4.79. The van der Waals surface area contributed by atoms with Gasteiger partial charge in [0.2, 0.25) is 0 Å². The maximum Gasteiger partial charge on any atom is 0.433 e. The molecule has 0 radical (unpaired) electrons. The number of hydrogen-bond donors (Lipinski definition) is 1. The highest BCUT2D eigenvalue weighted by Crippen LogP contribution is 2.36. The van der Waals surface area contributed by atoms with Crippen molar-refractivity contribution in [2.75, 3.05) is 32.8 Å². The highest BCUT2D eigenvalue weighted by atomic mass is 35.5. The second-order valence-corrected chi connectivity index (χ2v) is 9.04. The monoisotopic (exact) mass is 508 g/mol. The van der Waals surface area contributed by atoms with E-state index in [1.807, 2.05) is 5.10 Å². The molecule has 2 saturated heterocycles. The molecule has 1 N–H and O–H groups in total. The zero-order valence-electron chi connectivity index (χ0n) is 18.4. The van der Waals surface area contributed by atoms with Gasteiger partial charge in [0, 0.05) is 37.3 Å². The van der Waals surface area contributed by atoms with Crippen molar-refractivity contribution in [2.24, 2.45) is 0 Å². The Balaban J connectivity index is 1.27. The minimum absolute atomic E-state index is 0.0197. The summed E-state index contributed by atoms with van der Waals surface area (Å²) in [5.41, 5.74) is 0.303. The Bertz CT molecular complexity index is 1250. The molecule has 3 aromatic rings. The second-order valence-electron chi connectivity index (χ2n) is 8.63. The number of alkyl halides is 3. The molecule has 2 atom stereocenters. The summed E-state index contributed by atoms with van der Waals surface area (Å²) in [6.45, 7) is 2.48. The number of rotatable bonds is 3. The van der Waals surface area contributed by atoms with Crippen LogP contribution in [0, 0.1) is 5.82 Å². The number of benzene rings is 2. The van der Waals surface area contributed by atoms with Crippen LogP contribution >= 0.6 is 11.6 Å². The first-order valence-corrected chi connectivity index (χ1v) is 11.4. The third-order valence-electron chi connectivity index (χ3n) is 6.44. The number of nitrogens with one attached hydrogen (secondary N) is 1. The van der Waals surface area contributed by atoms with Crippen molar-refractivity contribution in [1.82, 2.24) is 20.0 Å². The second kappa shape index (κ2) is 9.25. The lowest BCUT2D eigenvalue weighted by Gasteiger charge is -2.46. The van der Waals surface area contributed by atoms with Crippen LogP contribution in [0.5, 0.6) is 0 Å². The molecule has 35 heavy (non-hydrogen) atoms. The van der Waals surface area contributed by atoms with Crippen LogP contribution < -0.4 is 0 Å². The number of piperazine rings is 1. The van der Waals surface area contributed by atoms with E-state index in [-0.39, 0.29) is 34.2 Å². The van der Waals surface area contributed by atoms with Crippen LogP contribution in [0.25, 0.3) is 11.1 Å². The first kappa shape index (κ1) is 23.8. The van der Waals surface area contributed by atoms with Crippen molar-refractivity contribution >= 4 is 17.5 Å². The average Bonchev–Trinajstić information content (AvgIpc) is 3.36. The molecule has 0 bridgehead atoms. The number of fused-ring (bicyclic) bond motifs is 1. The smallest absolute Gasteiger partial charge is 0.370 e. The molecule has 1 amide bonds. The normalized spacial score (nSPS) is 21.1. The third-order valence-corrected chi connectivity index (χ3v) is 6.73. The Hall–Kier alpha value is -2.95. The summed E-state index contributed by atoms with van der Waals surface area (Å²) in [6, 6.07) is 10.7. The van der Waals surface area contributed by atoms with E-state index >= 15 is 0 Å². The molecule has 6 nitrogen and oxygen atoms in total. The van der Waals surface area contributed by atoms with Gasteiger partial charge in [0.1, 0.15) is 11.5 Å². The van der Waals surface area contributed by atoms with Crippen LogP contribution in [0.3, 0.4) is 0 Å². The van der Waals surface area contributed by atoms with E-state index in [1.165, 1.54) is 18.2 Å². The Morgan fingerprint density at radius 3 is 2.74 bits per heavy atom. The quantitative estimate of drug-likeness (QED) is 0.517. The highest BCUT2D eigenvalue weighted by Gasteiger charge is 2.37. The van der Waals surface area contributed by atoms with E-state index in [0.717, 1.165) is 11.8 Å². The topological polar surface area (TPSA) is 61.5 Å². The van der Waals surface area contributed by atoms with Crippen LogP contribution in [-0.2, 0) is 10.9 Å². The zero-order valence-corrected chi connectivity index (χ0v) is 19.1. The lowest BCUT2D eigenvalue weighted by molar-refractivity contribution is -0.140. The zero-order chi connectivity index (χ0) is 24.7. The fraction of sp³-hybridized carbons (Fsp3) is 0.333. The van der Waals surface area contributed by atoms with Gasteiger partial charge in [-0.15, -0.1) is 0 Å². The largest absolute Gasteiger partial charge is 0.433 e. The number of halogens is 5. The molecule has 0 unspecified atom stereocenters. The van der Waals surface area contributed by atoms with Gasteiger partial charge in [0.15, 0.2) is 0 Å². The van der Waals surface area contributed by atoms with Crippen LogP contribution in [0.4, 0.5) is 17.6 Å². The highest BCUT2D eigenvalue weighted by molar-refractivity contribution is 6.30. The molecule has 184 valence electrons. The molecular weight excluding hydrogens is 488 g/mol. The molecule has 2 aliphatic rings. The van der Waals surface area contributed by atoms with E-state index in [0.29, 0.717) is 38.3 Å². The fourth-order valence-corrected chi connectivity index (χ4v) is 4.80.